The van der Waals surface area contributed by atoms with Gasteiger partial charge in [0.25, 0.3) is 5.56 Å². The van der Waals surface area contributed by atoms with Gasteiger partial charge in [-0.3, -0.25) is 4.79 Å². The molecule has 1 aromatic heterocycles. The van der Waals surface area contributed by atoms with Gasteiger partial charge < -0.3 is 9.84 Å². The summed E-state index contributed by atoms with van der Waals surface area (Å²) in [5, 5.41) is 14.6. The number of methoxy groups -OCH3 is 1. The topological polar surface area (TPSA) is 76.7 Å². The van der Waals surface area contributed by atoms with Crippen molar-refractivity contribution in [3.05, 3.63) is 62.6 Å². The van der Waals surface area contributed by atoms with Crippen molar-refractivity contribution in [3.8, 4) is 11.5 Å². The Kier molecular flexibility index (Phi) is 5.60. The highest BCUT2D eigenvalue weighted by atomic mass is 79.9. The Balaban J connectivity index is 2.16. The first kappa shape index (κ1) is 19.1. The number of hydrogen-bond donors (Lipinski definition) is 1. The Morgan fingerprint density at radius 1 is 1.33 bits per heavy atom. The zero-order valence-electron chi connectivity index (χ0n) is 15.3. The fourth-order valence-electron chi connectivity index (χ4n) is 2.68. The summed E-state index contributed by atoms with van der Waals surface area (Å²) < 4.78 is 7.27. The highest BCUT2D eigenvalue weighted by molar-refractivity contribution is 9.10. The predicted molar refractivity (Wildman–Crippen MR) is 110 cm³/mol. The van der Waals surface area contributed by atoms with Crippen molar-refractivity contribution in [2.24, 2.45) is 5.10 Å². The third-order valence-corrected chi connectivity index (χ3v) is 4.91. The molecule has 140 valence electrons. The number of fused-ring (bicyclic) bond motifs is 1. The Labute approximate surface area is 165 Å². The van der Waals surface area contributed by atoms with Gasteiger partial charge in [0.1, 0.15) is 5.82 Å². The molecule has 3 aromatic rings. The van der Waals surface area contributed by atoms with Crippen LogP contribution >= 0.6 is 15.9 Å². The van der Waals surface area contributed by atoms with Gasteiger partial charge in [-0.1, -0.05) is 29.8 Å². The number of rotatable bonds is 5. The van der Waals surface area contributed by atoms with Crippen LogP contribution in [0.5, 0.6) is 11.5 Å². The Hall–Kier alpha value is -2.67. The Bertz CT molecular complexity index is 1080. The van der Waals surface area contributed by atoms with Gasteiger partial charge in [-0.05, 0) is 48.4 Å². The molecule has 0 aliphatic carbocycles. The van der Waals surface area contributed by atoms with Crippen molar-refractivity contribution in [2.75, 3.05) is 7.11 Å². The van der Waals surface area contributed by atoms with E-state index in [1.807, 2.05) is 26.0 Å². The number of benzene rings is 2. The zero-order valence-corrected chi connectivity index (χ0v) is 16.9. The van der Waals surface area contributed by atoms with Crippen LogP contribution in [0.1, 0.15) is 37.6 Å². The summed E-state index contributed by atoms with van der Waals surface area (Å²) in [5.74, 6) is 1.06. The molecule has 2 aromatic carbocycles. The minimum absolute atomic E-state index is 0.0457. The van der Waals surface area contributed by atoms with Gasteiger partial charge in [-0.15, -0.1) is 0 Å². The molecule has 1 N–H and O–H groups in total. The number of phenolic OH excluding ortho intramolecular Hbond substituents is 1. The second kappa shape index (κ2) is 7.92. The summed E-state index contributed by atoms with van der Waals surface area (Å²) in [5.41, 5.74) is 1.12. The van der Waals surface area contributed by atoms with E-state index in [1.165, 1.54) is 17.9 Å². The summed E-state index contributed by atoms with van der Waals surface area (Å²) in [6, 6.07) is 10.3. The Morgan fingerprint density at radius 2 is 2.11 bits per heavy atom. The molecule has 6 nitrogen and oxygen atoms in total. The van der Waals surface area contributed by atoms with E-state index in [0.29, 0.717) is 28.0 Å². The number of hydrogen-bond acceptors (Lipinski definition) is 5. The molecular weight excluding hydrogens is 410 g/mol. The van der Waals surface area contributed by atoms with E-state index in [9.17, 15) is 9.90 Å². The van der Waals surface area contributed by atoms with Crippen molar-refractivity contribution in [1.82, 2.24) is 9.66 Å². The first-order valence-corrected chi connectivity index (χ1v) is 9.37. The normalized spacial score (nSPS) is 12.6. The molecule has 0 saturated heterocycles. The van der Waals surface area contributed by atoms with Crippen molar-refractivity contribution in [1.29, 1.82) is 0 Å². The van der Waals surface area contributed by atoms with E-state index < -0.39 is 0 Å². The van der Waals surface area contributed by atoms with Crippen LogP contribution in [0.25, 0.3) is 10.9 Å². The fraction of sp³-hybridized carbons (Fsp3) is 0.250. The molecule has 0 fully saturated rings. The van der Waals surface area contributed by atoms with E-state index in [0.717, 1.165) is 10.9 Å². The SMILES string of the molecule is CC[C@H](C)c1nc2ccc(Br)cc2c(=O)n1N=Cc1ccc(O)c(OC)c1. The summed E-state index contributed by atoms with van der Waals surface area (Å²) >= 11 is 3.40. The zero-order chi connectivity index (χ0) is 19.6. The van der Waals surface area contributed by atoms with Crippen molar-refractivity contribution >= 4 is 33.0 Å². The van der Waals surface area contributed by atoms with Crippen molar-refractivity contribution < 1.29 is 9.84 Å². The molecule has 0 saturated carbocycles. The lowest BCUT2D eigenvalue weighted by atomic mass is 10.1. The molecule has 0 spiro atoms. The van der Waals surface area contributed by atoms with Crippen LogP contribution in [0.3, 0.4) is 0 Å². The average molecular weight is 430 g/mol. The molecule has 1 heterocycles. The molecule has 0 radical (unpaired) electrons. The van der Waals surface area contributed by atoms with Crippen LogP contribution in [0, 0.1) is 0 Å². The molecule has 27 heavy (non-hydrogen) atoms. The van der Waals surface area contributed by atoms with Gasteiger partial charge in [-0.25, -0.2) is 4.98 Å². The average Bonchev–Trinajstić information content (AvgIpc) is 2.68. The second-order valence-electron chi connectivity index (χ2n) is 6.23. The maximum atomic E-state index is 13.0. The molecular formula is C20H20BrN3O3. The maximum absolute atomic E-state index is 13.0. The largest absolute Gasteiger partial charge is 0.504 e. The molecule has 0 amide bonds. The van der Waals surface area contributed by atoms with Gasteiger partial charge in [0.2, 0.25) is 0 Å². The van der Waals surface area contributed by atoms with Crippen LogP contribution in [-0.4, -0.2) is 28.1 Å². The molecule has 0 aliphatic heterocycles. The van der Waals surface area contributed by atoms with E-state index in [2.05, 4.69) is 26.0 Å². The van der Waals surface area contributed by atoms with Crippen LogP contribution in [0.15, 0.2) is 50.8 Å². The third kappa shape index (κ3) is 3.88. The Morgan fingerprint density at radius 3 is 2.81 bits per heavy atom. The summed E-state index contributed by atoms with van der Waals surface area (Å²) in [7, 11) is 1.48. The maximum Gasteiger partial charge on any atom is 0.282 e. The lowest BCUT2D eigenvalue weighted by molar-refractivity contribution is 0.373. The van der Waals surface area contributed by atoms with Gasteiger partial charge >= 0.3 is 0 Å². The smallest absolute Gasteiger partial charge is 0.282 e. The molecule has 0 aliphatic rings. The second-order valence-corrected chi connectivity index (χ2v) is 7.15. The summed E-state index contributed by atoms with van der Waals surface area (Å²) in [4.78, 5) is 17.7. The van der Waals surface area contributed by atoms with Crippen LogP contribution in [0.4, 0.5) is 0 Å². The number of aromatic nitrogens is 2. The molecule has 0 bridgehead atoms. The van der Waals surface area contributed by atoms with Gasteiger partial charge in [0, 0.05) is 10.4 Å². The molecule has 0 unspecified atom stereocenters. The van der Waals surface area contributed by atoms with Crippen LogP contribution < -0.4 is 10.3 Å². The van der Waals surface area contributed by atoms with Crippen molar-refractivity contribution in [2.45, 2.75) is 26.2 Å². The van der Waals surface area contributed by atoms with E-state index >= 15 is 0 Å². The van der Waals surface area contributed by atoms with E-state index in [4.69, 9.17) is 4.74 Å². The predicted octanol–water partition coefficient (Wildman–Crippen LogP) is 4.27. The van der Waals surface area contributed by atoms with Gasteiger partial charge in [0.15, 0.2) is 11.5 Å². The first-order chi connectivity index (χ1) is 12.9. The molecule has 7 heteroatoms. The summed E-state index contributed by atoms with van der Waals surface area (Å²) in [6.45, 7) is 4.06. The van der Waals surface area contributed by atoms with Gasteiger partial charge in [0.05, 0.1) is 24.2 Å². The monoisotopic (exact) mass is 429 g/mol. The standard InChI is InChI=1S/C20H20BrN3O3/c1-4-12(2)19-23-16-7-6-14(21)10-15(16)20(26)24(19)22-11-13-5-8-17(25)18(9-13)27-3/h5-12,25H,4H2,1-3H3/t12-/m0/s1. The number of aromatic hydroxyl groups is 1. The fourth-order valence-corrected chi connectivity index (χ4v) is 3.04. The minimum atomic E-state index is -0.224. The van der Waals surface area contributed by atoms with Crippen LogP contribution in [-0.2, 0) is 0 Å². The summed E-state index contributed by atoms with van der Waals surface area (Å²) in [6.07, 6.45) is 2.39. The van der Waals surface area contributed by atoms with E-state index in [1.54, 1.807) is 24.4 Å². The minimum Gasteiger partial charge on any atom is -0.504 e. The first-order valence-electron chi connectivity index (χ1n) is 8.58. The lowest BCUT2D eigenvalue weighted by Crippen LogP contribution is -2.23. The van der Waals surface area contributed by atoms with Gasteiger partial charge in [-0.2, -0.15) is 9.78 Å². The van der Waals surface area contributed by atoms with Crippen molar-refractivity contribution in [3.63, 3.8) is 0 Å². The number of ether oxygens (including phenoxy) is 1. The molecule has 3 rings (SSSR count). The van der Waals surface area contributed by atoms with E-state index in [-0.39, 0.29) is 17.2 Å². The van der Waals surface area contributed by atoms with Crippen LogP contribution in [0.2, 0.25) is 0 Å². The molecule has 1 atom stereocenters. The quantitative estimate of drug-likeness (QED) is 0.614. The number of halogens is 1. The third-order valence-electron chi connectivity index (χ3n) is 4.41. The lowest BCUT2D eigenvalue weighted by Gasteiger charge is -2.14. The highest BCUT2D eigenvalue weighted by Gasteiger charge is 2.15. The number of nitrogens with zero attached hydrogens (tertiary/aromatic N) is 3. The number of phenols is 1. The highest BCUT2D eigenvalue weighted by Crippen LogP contribution is 2.26.